The first-order valence-electron chi connectivity index (χ1n) is 9.04. The molecular formula is C20H21N3O4S2. The van der Waals surface area contributed by atoms with Crippen molar-refractivity contribution in [1.82, 2.24) is 5.43 Å². The number of carbonyl (C=O) groups is 3. The number of nitrogens with one attached hydrogen (secondary N) is 2. The molecule has 2 amide bonds. The minimum Gasteiger partial charge on any atom is -0.465 e. The van der Waals surface area contributed by atoms with Crippen LogP contribution in [0.5, 0.6) is 0 Å². The lowest BCUT2D eigenvalue weighted by molar-refractivity contribution is -0.136. The zero-order valence-corrected chi connectivity index (χ0v) is 17.7. The summed E-state index contributed by atoms with van der Waals surface area (Å²) >= 11 is 2.95. The molecule has 7 nitrogen and oxygen atoms in total. The molecule has 2 N–H and O–H groups in total. The number of hydrogen-bond acceptors (Lipinski definition) is 7. The Labute approximate surface area is 176 Å². The zero-order valence-electron chi connectivity index (χ0n) is 16.1. The van der Waals surface area contributed by atoms with E-state index in [-0.39, 0.29) is 0 Å². The van der Waals surface area contributed by atoms with Gasteiger partial charge >= 0.3 is 17.8 Å². The number of aryl methyl sites for hydroxylation is 1. The second-order valence-electron chi connectivity index (χ2n) is 6.33. The minimum atomic E-state index is -0.913. The molecule has 1 aromatic carbocycles. The van der Waals surface area contributed by atoms with Gasteiger partial charge in [-0.3, -0.25) is 9.59 Å². The standard InChI is InChI=1S/C20H21N3O4S2/c1-27-20(26)16-14-5-3-4-6-15(14)29-19(16)22-17(24)18(25)23-21-11-12-7-9-13(28-2)10-8-12/h7-11H,3-6H2,1-2H3,(H,22,24)(H,23,25). The summed E-state index contributed by atoms with van der Waals surface area (Å²) < 4.78 is 4.86. The highest BCUT2D eigenvalue weighted by Gasteiger charge is 2.28. The predicted octanol–water partition coefficient (Wildman–Crippen LogP) is 3.22. The summed E-state index contributed by atoms with van der Waals surface area (Å²) in [5.41, 5.74) is 4.26. The Morgan fingerprint density at radius 2 is 1.86 bits per heavy atom. The number of hydrazone groups is 1. The smallest absolute Gasteiger partial charge is 0.341 e. The van der Waals surface area contributed by atoms with Gasteiger partial charge < -0.3 is 10.1 Å². The molecule has 0 saturated carbocycles. The number of hydrogen-bond donors (Lipinski definition) is 2. The van der Waals surface area contributed by atoms with Gasteiger partial charge in [0.25, 0.3) is 0 Å². The van der Waals surface area contributed by atoms with E-state index in [4.69, 9.17) is 4.74 Å². The maximum atomic E-state index is 12.3. The molecule has 0 bridgehead atoms. The van der Waals surface area contributed by atoms with Crippen molar-refractivity contribution in [3.63, 3.8) is 0 Å². The second kappa shape index (κ2) is 9.71. The maximum Gasteiger partial charge on any atom is 0.341 e. The van der Waals surface area contributed by atoms with Crippen LogP contribution >= 0.6 is 23.1 Å². The van der Waals surface area contributed by atoms with Crippen LogP contribution in [0.25, 0.3) is 0 Å². The Balaban J connectivity index is 1.66. The van der Waals surface area contributed by atoms with E-state index in [1.54, 1.807) is 11.8 Å². The van der Waals surface area contributed by atoms with Crippen LogP contribution in [0.2, 0.25) is 0 Å². The monoisotopic (exact) mass is 431 g/mol. The predicted molar refractivity (Wildman–Crippen MR) is 115 cm³/mol. The molecule has 9 heteroatoms. The molecule has 0 spiro atoms. The summed E-state index contributed by atoms with van der Waals surface area (Å²) in [5, 5.41) is 6.70. The van der Waals surface area contributed by atoms with E-state index in [9.17, 15) is 14.4 Å². The number of nitrogens with zero attached hydrogens (tertiary/aromatic N) is 1. The van der Waals surface area contributed by atoms with Gasteiger partial charge in [0.15, 0.2) is 0 Å². The van der Waals surface area contributed by atoms with Gasteiger partial charge in [0.2, 0.25) is 0 Å². The van der Waals surface area contributed by atoms with E-state index in [1.165, 1.54) is 24.7 Å². The van der Waals surface area contributed by atoms with Crippen LogP contribution in [0.1, 0.15) is 39.2 Å². The van der Waals surface area contributed by atoms with Crippen LogP contribution in [0.15, 0.2) is 34.3 Å². The van der Waals surface area contributed by atoms with Gasteiger partial charge in [0.05, 0.1) is 18.9 Å². The quantitative estimate of drug-likeness (QED) is 0.249. The molecule has 0 aliphatic heterocycles. The Bertz CT molecular complexity index is 951. The van der Waals surface area contributed by atoms with Crippen LogP contribution in [-0.2, 0) is 27.2 Å². The average molecular weight is 432 g/mol. The summed E-state index contributed by atoms with van der Waals surface area (Å²) in [4.78, 5) is 38.7. The summed E-state index contributed by atoms with van der Waals surface area (Å²) in [6, 6.07) is 7.60. The summed E-state index contributed by atoms with van der Waals surface area (Å²) in [5.74, 6) is -2.31. The van der Waals surface area contributed by atoms with Crippen LogP contribution in [0.3, 0.4) is 0 Å². The molecule has 29 heavy (non-hydrogen) atoms. The molecule has 0 fully saturated rings. The highest BCUT2D eigenvalue weighted by molar-refractivity contribution is 7.98. The maximum absolute atomic E-state index is 12.3. The number of amides is 2. The Hall–Kier alpha value is -2.65. The number of ether oxygens (including phenoxy) is 1. The van der Waals surface area contributed by atoms with E-state index < -0.39 is 17.8 Å². The minimum absolute atomic E-state index is 0.348. The normalized spacial score (nSPS) is 13.0. The lowest BCUT2D eigenvalue weighted by atomic mass is 9.95. The first kappa shape index (κ1) is 21.1. The Kier molecular flexibility index (Phi) is 7.05. The number of thiophene rings is 1. The third kappa shape index (κ3) is 5.04. The van der Waals surface area contributed by atoms with Crippen molar-refractivity contribution in [3.8, 4) is 0 Å². The fourth-order valence-corrected chi connectivity index (χ4v) is 4.72. The number of carbonyl (C=O) groups excluding carboxylic acids is 3. The van der Waals surface area contributed by atoms with Crippen molar-refractivity contribution in [3.05, 3.63) is 45.8 Å². The van der Waals surface area contributed by atoms with Crippen LogP contribution in [0.4, 0.5) is 5.00 Å². The number of methoxy groups -OCH3 is 1. The summed E-state index contributed by atoms with van der Waals surface area (Å²) in [6.45, 7) is 0. The molecule has 152 valence electrons. The molecule has 0 saturated heterocycles. The highest BCUT2D eigenvalue weighted by atomic mass is 32.2. The van der Waals surface area contributed by atoms with Crippen molar-refractivity contribution in [2.45, 2.75) is 30.6 Å². The lowest BCUT2D eigenvalue weighted by Gasteiger charge is -2.11. The number of anilines is 1. The number of esters is 1. The largest absolute Gasteiger partial charge is 0.465 e. The topological polar surface area (TPSA) is 96.9 Å². The molecule has 0 atom stereocenters. The summed E-state index contributed by atoms with van der Waals surface area (Å²) in [6.07, 6.45) is 7.07. The van der Waals surface area contributed by atoms with E-state index in [1.807, 2.05) is 30.5 Å². The van der Waals surface area contributed by atoms with Crippen molar-refractivity contribution in [2.24, 2.45) is 5.10 Å². The number of benzene rings is 1. The molecule has 2 aromatic rings. The molecular weight excluding hydrogens is 410 g/mol. The van der Waals surface area contributed by atoms with E-state index in [2.05, 4.69) is 15.8 Å². The van der Waals surface area contributed by atoms with E-state index in [0.29, 0.717) is 10.6 Å². The highest BCUT2D eigenvalue weighted by Crippen LogP contribution is 2.38. The van der Waals surface area contributed by atoms with Crippen molar-refractivity contribution >= 4 is 52.1 Å². The van der Waals surface area contributed by atoms with Crippen LogP contribution in [0, 0.1) is 0 Å². The van der Waals surface area contributed by atoms with Crippen molar-refractivity contribution in [1.29, 1.82) is 0 Å². The first-order chi connectivity index (χ1) is 14.0. The molecule has 1 aliphatic carbocycles. The van der Waals surface area contributed by atoms with Gasteiger partial charge in [0.1, 0.15) is 5.00 Å². The fraction of sp³-hybridized carbons (Fsp3) is 0.300. The first-order valence-corrected chi connectivity index (χ1v) is 11.1. The lowest BCUT2D eigenvalue weighted by Crippen LogP contribution is -2.32. The van der Waals surface area contributed by atoms with Gasteiger partial charge in [-0.05, 0) is 55.2 Å². The summed E-state index contributed by atoms with van der Waals surface area (Å²) in [7, 11) is 1.30. The van der Waals surface area contributed by atoms with Crippen molar-refractivity contribution in [2.75, 3.05) is 18.7 Å². The SMILES string of the molecule is COC(=O)c1c(NC(=O)C(=O)NN=Cc2ccc(SC)cc2)sc2c1CCCC2. The number of fused-ring (bicyclic) bond motifs is 1. The third-order valence-corrected chi connectivity index (χ3v) is 6.44. The number of rotatable bonds is 5. The van der Waals surface area contributed by atoms with Crippen LogP contribution in [-0.4, -0.2) is 37.4 Å². The zero-order chi connectivity index (χ0) is 20.8. The molecule has 3 rings (SSSR count). The average Bonchev–Trinajstić information content (AvgIpc) is 3.11. The fourth-order valence-electron chi connectivity index (χ4n) is 3.04. The molecule has 1 heterocycles. The molecule has 1 aliphatic rings. The van der Waals surface area contributed by atoms with Gasteiger partial charge in [-0.15, -0.1) is 23.1 Å². The molecule has 0 radical (unpaired) electrons. The van der Waals surface area contributed by atoms with E-state index >= 15 is 0 Å². The van der Waals surface area contributed by atoms with Gasteiger partial charge in [-0.2, -0.15) is 5.10 Å². The molecule has 1 aromatic heterocycles. The Morgan fingerprint density at radius 3 is 2.55 bits per heavy atom. The Morgan fingerprint density at radius 1 is 1.14 bits per heavy atom. The number of thioether (sulfide) groups is 1. The van der Waals surface area contributed by atoms with Crippen molar-refractivity contribution < 1.29 is 19.1 Å². The third-order valence-electron chi connectivity index (χ3n) is 4.49. The van der Waals surface area contributed by atoms with E-state index in [0.717, 1.165) is 46.6 Å². The van der Waals surface area contributed by atoms with Gasteiger partial charge in [-0.25, -0.2) is 10.2 Å². The molecule has 0 unspecified atom stereocenters. The van der Waals surface area contributed by atoms with Crippen LogP contribution < -0.4 is 10.7 Å². The second-order valence-corrected chi connectivity index (χ2v) is 8.32. The van der Waals surface area contributed by atoms with Gasteiger partial charge in [-0.1, -0.05) is 12.1 Å². The van der Waals surface area contributed by atoms with Gasteiger partial charge in [0, 0.05) is 9.77 Å².